The summed E-state index contributed by atoms with van der Waals surface area (Å²) in [4.78, 5) is 2.24. The molecule has 1 unspecified atom stereocenters. The highest BCUT2D eigenvalue weighted by Gasteiger charge is 2.37. The Morgan fingerprint density at radius 3 is 2.17 bits per heavy atom. The molecule has 130 valence electrons. The number of nitrogens with zero attached hydrogens (tertiary/aromatic N) is 1. The number of hydrogen-bond acceptors (Lipinski definition) is 5. The van der Waals surface area contributed by atoms with Gasteiger partial charge in [-0.1, -0.05) is 36.9 Å². The monoisotopic (exact) mass is 338 g/mol. The van der Waals surface area contributed by atoms with Gasteiger partial charge in [-0.3, -0.25) is 4.90 Å². The molecule has 23 heavy (non-hydrogen) atoms. The Bertz CT molecular complexity index is 453. The van der Waals surface area contributed by atoms with Crippen molar-refractivity contribution in [3.05, 3.63) is 42.0 Å². The molecule has 0 heterocycles. The highest BCUT2D eigenvalue weighted by Crippen LogP contribution is 2.17. The molecule has 1 aromatic carbocycles. The van der Waals surface area contributed by atoms with E-state index in [2.05, 4.69) is 35.7 Å². The van der Waals surface area contributed by atoms with Gasteiger partial charge in [-0.25, -0.2) is 0 Å². The van der Waals surface area contributed by atoms with Crippen LogP contribution < -0.4 is 5.73 Å². The summed E-state index contributed by atoms with van der Waals surface area (Å²) < 4.78 is 16.4. The predicted octanol–water partition coefficient (Wildman–Crippen LogP) is 2.70. The molecule has 0 bridgehead atoms. The van der Waals surface area contributed by atoms with Crippen LogP contribution in [0.2, 0.25) is 6.04 Å². The molecule has 0 aliphatic rings. The van der Waals surface area contributed by atoms with Crippen molar-refractivity contribution in [1.29, 1.82) is 0 Å². The molecule has 0 aliphatic heterocycles. The van der Waals surface area contributed by atoms with Gasteiger partial charge in [0.05, 0.1) is 6.17 Å². The lowest BCUT2D eigenvalue weighted by atomic mass is 10.1. The first-order valence-corrected chi connectivity index (χ1v) is 9.80. The largest absolute Gasteiger partial charge is 0.500 e. The molecular weight excluding hydrogens is 308 g/mol. The summed E-state index contributed by atoms with van der Waals surface area (Å²) in [5.74, 6) is 0. The maximum atomic E-state index is 6.12. The van der Waals surface area contributed by atoms with Crippen molar-refractivity contribution >= 4 is 14.9 Å². The van der Waals surface area contributed by atoms with Crippen LogP contribution in [-0.4, -0.2) is 47.7 Å². The summed E-state index contributed by atoms with van der Waals surface area (Å²) in [6.07, 6.45) is 2.74. The Labute approximate surface area is 141 Å². The minimum atomic E-state index is -2.50. The number of nitrogens with two attached hydrogens (primary N) is 1. The van der Waals surface area contributed by atoms with Gasteiger partial charge in [0.2, 0.25) is 0 Å². The van der Waals surface area contributed by atoms with Crippen LogP contribution >= 0.6 is 0 Å². The van der Waals surface area contributed by atoms with E-state index in [0.29, 0.717) is 0 Å². The van der Waals surface area contributed by atoms with Crippen LogP contribution in [0.5, 0.6) is 0 Å². The van der Waals surface area contributed by atoms with E-state index in [1.165, 1.54) is 5.56 Å². The third-order valence-electron chi connectivity index (χ3n) is 4.04. The fourth-order valence-electron chi connectivity index (χ4n) is 2.48. The predicted molar refractivity (Wildman–Crippen MR) is 96.8 cm³/mol. The zero-order chi connectivity index (χ0) is 17.3. The fourth-order valence-corrected chi connectivity index (χ4v) is 4.18. The second-order valence-corrected chi connectivity index (χ2v) is 8.65. The number of hydrogen-bond donors (Lipinski definition) is 1. The molecule has 0 amide bonds. The average Bonchev–Trinajstić information content (AvgIpc) is 2.58. The van der Waals surface area contributed by atoms with E-state index in [4.69, 9.17) is 19.0 Å². The second-order valence-electron chi connectivity index (χ2n) is 5.56. The zero-order valence-electron chi connectivity index (χ0n) is 14.7. The molecule has 0 radical (unpaired) electrons. The third kappa shape index (κ3) is 6.17. The minimum absolute atomic E-state index is 0.0159. The SMILES string of the molecule is C=Cc1ccc(CN(CCC[Si](OC)(OC)OC)C(C)N)cc1. The number of benzene rings is 1. The highest BCUT2D eigenvalue weighted by atomic mass is 28.4. The molecule has 2 N–H and O–H groups in total. The molecule has 1 aromatic rings. The first-order valence-electron chi connectivity index (χ1n) is 7.86. The molecule has 0 saturated carbocycles. The van der Waals surface area contributed by atoms with Gasteiger partial charge in [-0.2, -0.15) is 0 Å². The molecule has 0 saturated heterocycles. The van der Waals surface area contributed by atoms with E-state index in [0.717, 1.165) is 31.1 Å². The molecule has 0 spiro atoms. The van der Waals surface area contributed by atoms with Crippen molar-refractivity contribution in [3.8, 4) is 0 Å². The quantitative estimate of drug-likeness (QED) is 0.497. The highest BCUT2D eigenvalue weighted by molar-refractivity contribution is 6.60. The lowest BCUT2D eigenvalue weighted by Crippen LogP contribution is -2.44. The molecular formula is C17H30N2O3Si. The van der Waals surface area contributed by atoms with Crippen LogP contribution in [-0.2, 0) is 19.8 Å². The zero-order valence-corrected chi connectivity index (χ0v) is 15.7. The van der Waals surface area contributed by atoms with E-state index in [-0.39, 0.29) is 6.17 Å². The third-order valence-corrected chi connectivity index (χ3v) is 6.87. The van der Waals surface area contributed by atoms with Crippen molar-refractivity contribution < 1.29 is 13.3 Å². The molecule has 0 fully saturated rings. The van der Waals surface area contributed by atoms with Gasteiger partial charge in [0, 0.05) is 33.9 Å². The van der Waals surface area contributed by atoms with Crippen molar-refractivity contribution in [2.75, 3.05) is 27.9 Å². The van der Waals surface area contributed by atoms with Crippen LogP contribution in [0.25, 0.3) is 6.08 Å². The van der Waals surface area contributed by atoms with E-state index in [1.807, 2.05) is 13.0 Å². The van der Waals surface area contributed by atoms with Crippen molar-refractivity contribution in [2.24, 2.45) is 5.73 Å². The summed E-state index contributed by atoms with van der Waals surface area (Å²) in [5.41, 5.74) is 8.48. The molecule has 6 heteroatoms. The van der Waals surface area contributed by atoms with Crippen LogP contribution in [0.1, 0.15) is 24.5 Å². The Morgan fingerprint density at radius 1 is 1.17 bits per heavy atom. The summed E-state index contributed by atoms with van der Waals surface area (Å²) in [7, 11) is 2.43. The molecule has 5 nitrogen and oxygen atoms in total. The van der Waals surface area contributed by atoms with Gasteiger partial charge in [-0.15, -0.1) is 0 Å². The topological polar surface area (TPSA) is 57.0 Å². The van der Waals surface area contributed by atoms with Gasteiger partial charge in [0.15, 0.2) is 0 Å². The van der Waals surface area contributed by atoms with Crippen molar-refractivity contribution in [2.45, 2.75) is 32.1 Å². The molecule has 0 aromatic heterocycles. The number of rotatable bonds is 11. The van der Waals surface area contributed by atoms with Gasteiger partial charge in [-0.05, 0) is 31.0 Å². The van der Waals surface area contributed by atoms with E-state index in [9.17, 15) is 0 Å². The van der Waals surface area contributed by atoms with Crippen molar-refractivity contribution in [3.63, 3.8) is 0 Å². The van der Waals surface area contributed by atoms with Crippen molar-refractivity contribution in [1.82, 2.24) is 4.90 Å². The van der Waals surface area contributed by atoms with E-state index >= 15 is 0 Å². The van der Waals surface area contributed by atoms with Crippen LogP contribution in [0.3, 0.4) is 0 Å². The standard InChI is InChI=1S/C17H30N2O3Si/c1-6-16-8-10-17(11-9-16)14-19(15(2)18)12-7-13-23(20-3,21-4)22-5/h6,8-11,15H,1,7,12-14,18H2,2-5H3. The minimum Gasteiger partial charge on any atom is -0.377 e. The Balaban J connectivity index is 2.59. The van der Waals surface area contributed by atoms with E-state index in [1.54, 1.807) is 21.3 Å². The van der Waals surface area contributed by atoms with Gasteiger partial charge in [0.25, 0.3) is 0 Å². The summed E-state index contributed by atoms with van der Waals surface area (Å²) in [6.45, 7) is 7.46. The molecule has 0 aliphatic carbocycles. The van der Waals surface area contributed by atoms with E-state index < -0.39 is 8.80 Å². The maximum Gasteiger partial charge on any atom is 0.500 e. The van der Waals surface area contributed by atoms with Crippen LogP contribution in [0, 0.1) is 0 Å². The van der Waals surface area contributed by atoms with Gasteiger partial charge in [0.1, 0.15) is 0 Å². The first-order chi connectivity index (χ1) is 11.0. The second kappa shape index (κ2) is 9.97. The molecule has 1 atom stereocenters. The lowest BCUT2D eigenvalue weighted by Gasteiger charge is -2.29. The summed E-state index contributed by atoms with van der Waals surface area (Å²) in [6, 6.07) is 9.14. The summed E-state index contributed by atoms with van der Waals surface area (Å²) >= 11 is 0. The lowest BCUT2D eigenvalue weighted by molar-refractivity contribution is 0.119. The Kier molecular flexibility index (Phi) is 8.68. The molecule has 1 rings (SSSR count). The summed E-state index contributed by atoms with van der Waals surface area (Å²) in [5, 5.41) is 0. The van der Waals surface area contributed by atoms with Crippen LogP contribution in [0.15, 0.2) is 30.8 Å². The fraction of sp³-hybridized carbons (Fsp3) is 0.529. The average molecular weight is 339 g/mol. The Hall–Kier alpha value is -1.02. The van der Waals surface area contributed by atoms with Crippen LogP contribution in [0.4, 0.5) is 0 Å². The smallest absolute Gasteiger partial charge is 0.377 e. The Morgan fingerprint density at radius 2 is 1.74 bits per heavy atom. The normalized spacial score (nSPS) is 13.3. The first kappa shape index (κ1) is 20.0. The van der Waals surface area contributed by atoms with Gasteiger partial charge >= 0.3 is 8.80 Å². The van der Waals surface area contributed by atoms with Gasteiger partial charge < -0.3 is 19.0 Å². The maximum absolute atomic E-state index is 6.12.